The van der Waals surface area contributed by atoms with Crippen LogP contribution in [0.25, 0.3) is 89.6 Å². The molecule has 0 unspecified atom stereocenters. The van der Waals surface area contributed by atoms with Crippen LogP contribution in [0, 0.1) is 0 Å². The van der Waals surface area contributed by atoms with Crippen LogP contribution in [0.15, 0.2) is 164 Å². The number of benzene rings is 5. The van der Waals surface area contributed by atoms with Crippen molar-refractivity contribution >= 4 is 21.8 Å². The molecule has 0 amide bonds. The molecule has 0 saturated carbocycles. The second kappa shape index (κ2) is 13.6. The van der Waals surface area contributed by atoms with Gasteiger partial charge in [0.05, 0.1) is 16.7 Å². The van der Waals surface area contributed by atoms with Crippen molar-refractivity contribution < 1.29 is 0 Å². The topological polar surface area (TPSA) is 77.3 Å². The lowest BCUT2D eigenvalue weighted by Gasteiger charge is -2.21. The van der Waals surface area contributed by atoms with Crippen LogP contribution in [0.3, 0.4) is 0 Å². The van der Waals surface area contributed by atoms with Gasteiger partial charge in [0.1, 0.15) is 5.69 Å². The summed E-state index contributed by atoms with van der Waals surface area (Å²) in [6, 6.07) is 54.0. The van der Waals surface area contributed by atoms with Gasteiger partial charge in [0.25, 0.3) is 0 Å². The predicted molar refractivity (Wildman–Crippen MR) is 220 cm³/mol. The van der Waals surface area contributed by atoms with E-state index >= 15 is 0 Å². The minimum absolute atomic E-state index is 0.158. The minimum atomic E-state index is -0.158. The summed E-state index contributed by atoms with van der Waals surface area (Å²) in [5, 5.41) is 2.15. The second-order valence-electron chi connectivity index (χ2n) is 14.4. The maximum Gasteiger partial charge on any atom is 0.182 e. The Labute approximate surface area is 314 Å². The lowest BCUT2D eigenvalue weighted by molar-refractivity contribution is 0.572. The zero-order valence-corrected chi connectivity index (χ0v) is 30.3. The van der Waals surface area contributed by atoms with Crippen LogP contribution >= 0.6 is 0 Å². The Morgan fingerprint density at radius 2 is 1.02 bits per heavy atom. The maximum atomic E-state index is 5.27. The van der Waals surface area contributed by atoms with Crippen molar-refractivity contribution in [2.24, 2.45) is 0 Å². The number of hydrogen-bond donors (Lipinski definition) is 0. The molecule has 0 aliphatic carbocycles. The van der Waals surface area contributed by atoms with E-state index in [4.69, 9.17) is 24.9 Å². The lowest BCUT2D eigenvalue weighted by atomic mass is 9.88. The standard InChI is InChI=1S/C48H36N6/c1-48(2,3)42-30-39(38-26-24-34-25-27-40(33-13-6-4-7-14-33)50-43(34)44(38)51-42)32-22-20-31(21-23-32)36-17-12-18-37(29-36)46-52-45(35-15-8-5-9-16-35)53-47(54-46)41-19-10-11-28-49-41/h4-30H,1-3H3. The van der Waals surface area contributed by atoms with E-state index in [-0.39, 0.29) is 5.41 Å². The molecular formula is C48H36N6. The Hall–Kier alpha value is -6.92. The highest BCUT2D eigenvalue weighted by Gasteiger charge is 2.21. The third-order valence-electron chi connectivity index (χ3n) is 9.69. The molecule has 0 aliphatic rings. The van der Waals surface area contributed by atoms with Crippen LogP contribution in [-0.4, -0.2) is 29.9 Å². The number of nitrogens with zero attached hydrogens (tertiary/aromatic N) is 6. The smallest absolute Gasteiger partial charge is 0.182 e. The fraction of sp³-hybridized carbons (Fsp3) is 0.0833. The van der Waals surface area contributed by atoms with Gasteiger partial charge < -0.3 is 0 Å². The van der Waals surface area contributed by atoms with E-state index in [0.29, 0.717) is 23.2 Å². The number of fused-ring (bicyclic) bond motifs is 3. The number of aromatic nitrogens is 6. The summed E-state index contributed by atoms with van der Waals surface area (Å²) in [5.41, 5.74) is 11.7. The normalized spacial score (nSPS) is 11.6. The van der Waals surface area contributed by atoms with Gasteiger partial charge in [0, 0.05) is 44.8 Å². The van der Waals surface area contributed by atoms with Crippen LogP contribution < -0.4 is 0 Å². The second-order valence-corrected chi connectivity index (χ2v) is 14.4. The molecule has 0 radical (unpaired) electrons. The number of pyridine rings is 3. The number of hydrogen-bond acceptors (Lipinski definition) is 6. The van der Waals surface area contributed by atoms with Gasteiger partial charge in [0.15, 0.2) is 17.5 Å². The third-order valence-corrected chi connectivity index (χ3v) is 9.69. The van der Waals surface area contributed by atoms with Crippen molar-refractivity contribution in [1.82, 2.24) is 29.9 Å². The highest BCUT2D eigenvalue weighted by molar-refractivity contribution is 6.09. The van der Waals surface area contributed by atoms with Crippen LogP contribution in [0.1, 0.15) is 26.5 Å². The van der Waals surface area contributed by atoms with Gasteiger partial charge in [-0.15, -0.1) is 0 Å². The first-order valence-electron chi connectivity index (χ1n) is 18.1. The zero-order chi connectivity index (χ0) is 36.6. The molecule has 0 aliphatic heterocycles. The monoisotopic (exact) mass is 696 g/mol. The molecular weight excluding hydrogens is 661 g/mol. The molecule has 258 valence electrons. The highest BCUT2D eigenvalue weighted by Crippen LogP contribution is 2.37. The molecule has 6 heteroatoms. The van der Waals surface area contributed by atoms with Crippen molar-refractivity contribution in [3.63, 3.8) is 0 Å². The average Bonchev–Trinajstić information content (AvgIpc) is 3.23. The molecule has 0 fully saturated rings. The van der Waals surface area contributed by atoms with E-state index < -0.39 is 0 Å². The molecule has 0 atom stereocenters. The molecule has 4 heterocycles. The van der Waals surface area contributed by atoms with Gasteiger partial charge in [-0.3, -0.25) is 4.98 Å². The summed E-state index contributed by atoms with van der Waals surface area (Å²) < 4.78 is 0. The summed E-state index contributed by atoms with van der Waals surface area (Å²) in [4.78, 5) is 29.6. The highest BCUT2D eigenvalue weighted by atomic mass is 15.0. The first kappa shape index (κ1) is 33.0. The fourth-order valence-corrected chi connectivity index (χ4v) is 6.78. The molecule has 54 heavy (non-hydrogen) atoms. The molecule has 0 saturated heterocycles. The van der Waals surface area contributed by atoms with Gasteiger partial charge in [-0.25, -0.2) is 24.9 Å². The van der Waals surface area contributed by atoms with E-state index in [1.54, 1.807) is 6.20 Å². The van der Waals surface area contributed by atoms with Crippen molar-refractivity contribution in [3.8, 4) is 67.8 Å². The Morgan fingerprint density at radius 3 is 1.74 bits per heavy atom. The molecule has 5 aromatic carbocycles. The fourth-order valence-electron chi connectivity index (χ4n) is 6.78. The zero-order valence-electron chi connectivity index (χ0n) is 30.3. The van der Waals surface area contributed by atoms with Crippen molar-refractivity contribution in [1.29, 1.82) is 0 Å². The van der Waals surface area contributed by atoms with Gasteiger partial charge in [-0.2, -0.15) is 0 Å². The summed E-state index contributed by atoms with van der Waals surface area (Å²) in [5.74, 6) is 1.74. The molecule has 0 spiro atoms. The van der Waals surface area contributed by atoms with Crippen LogP contribution in [-0.2, 0) is 5.41 Å². The first-order chi connectivity index (χ1) is 26.4. The Bertz CT molecular complexity index is 2720. The SMILES string of the molecule is CC(C)(C)c1cc(-c2ccc(-c3cccc(-c4nc(-c5ccccc5)nc(-c5ccccn5)n4)c3)cc2)c2ccc3ccc(-c4ccccc4)nc3c2n1. The summed E-state index contributed by atoms with van der Waals surface area (Å²) >= 11 is 0. The lowest BCUT2D eigenvalue weighted by Crippen LogP contribution is -2.14. The summed E-state index contributed by atoms with van der Waals surface area (Å²) in [7, 11) is 0. The largest absolute Gasteiger partial charge is 0.253 e. The predicted octanol–water partition coefficient (Wildman–Crippen LogP) is 11.7. The van der Waals surface area contributed by atoms with Gasteiger partial charge in [-0.1, -0.05) is 148 Å². The molecule has 4 aromatic heterocycles. The van der Waals surface area contributed by atoms with E-state index in [1.165, 1.54) is 0 Å². The average molecular weight is 697 g/mol. The van der Waals surface area contributed by atoms with Crippen LogP contribution in [0.2, 0.25) is 0 Å². The first-order valence-corrected chi connectivity index (χ1v) is 18.1. The van der Waals surface area contributed by atoms with Crippen molar-refractivity contribution in [2.75, 3.05) is 0 Å². The third kappa shape index (κ3) is 6.39. The molecule has 9 aromatic rings. The quantitative estimate of drug-likeness (QED) is 0.161. The van der Waals surface area contributed by atoms with E-state index in [2.05, 4.69) is 111 Å². The van der Waals surface area contributed by atoms with Crippen molar-refractivity contribution in [3.05, 3.63) is 170 Å². The molecule has 0 bridgehead atoms. The van der Waals surface area contributed by atoms with Crippen LogP contribution in [0.4, 0.5) is 0 Å². The molecule has 0 N–H and O–H groups in total. The summed E-state index contributed by atoms with van der Waals surface area (Å²) in [6.45, 7) is 6.64. The van der Waals surface area contributed by atoms with Gasteiger partial charge in [-0.05, 0) is 52.6 Å². The van der Waals surface area contributed by atoms with E-state index in [9.17, 15) is 0 Å². The van der Waals surface area contributed by atoms with Crippen LogP contribution in [0.5, 0.6) is 0 Å². The van der Waals surface area contributed by atoms with E-state index in [1.807, 2.05) is 72.8 Å². The van der Waals surface area contributed by atoms with Gasteiger partial charge >= 0.3 is 0 Å². The maximum absolute atomic E-state index is 5.27. The van der Waals surface area contributed by atoms with Crippen molar-refractivity contribution in [2.45, 2.75) is 26.2 Å². The molecule has 6 nitrogen and oxygen atoms in total. The van der Waals surface area contributed by atoms with Gasteiger partial charge in [0.2, 0.25) is 0 Å². The number of rotatable bonds is 6. The Morgan fingerprint density at radius 1 is 0.389 bits per heavy atom. The minimum Gasteiger partial charge on any atom is -0.253 e. The summed E-state index contributed by atoms with van der Waals surface area (Å²) in [6.07, 6.45) is 1.75. The Kier molecular flexibility index (Phi) is 8.28. The molecule has 9 rings (SSSR count). The Balaban J connectivity index is 1.12. The van der Waals surface area contributed by atoms with E-state index in [0.717, 1.165) is 72.1 Å².